The zero-order valence-corrected chi connectivity index (χ0v) is 13.3. The van der Waals surface area contributed by atoms with Gasteiger partial charge in [-0.25, -0.2) is 0 Å². The molecule has 1 aliphatic rings. The van der Waals surface area contributed by atoms with Crippen LogP contribution in [0.5, 0.6) is 5.75 Å². The van der Waals surface area contributed by atoms with Crippen molar-refractivity contribution in [1.82, 2.24) is 0 Å². The fourth-order valence-electron chi connectivity index (χ4n) is 2.11. The van der Waals surface area contributed by atoms with Crippen LogP contribution in [0.1, 0.15) is 5.56 Å². The first-order valence-electron chi connectivity index (χ1n) is 6.62. The molecule has 21 heavy (non-hydrogen) atoms. The van der Waals surface area contributed by atoms with Crippen molar-refractivity contribution < 1.29 is 29.9 Å². The summed E-state index contributed by atoms with van der Waals surface area (Å²) in [6.45, 7) is -0.389. The van der Waals surface area contributed by atoms with Gasteiger partial charge in [-0.1, -0.05) is 0 Å². The van der Waals surface area contributed by atoms with E-state index in [0.29, 0.717) is 5.32 Å². The summed E-state index contributed by atoms with van der Waals surface area (Å²) in [5, 5.41) is 38.7. The molecule has 1 fully saturated rings. The molecule has 1 aromatic rings. The normalized spacial score (nSPS) is 32.9. The van der Waals surface area contributed by atoms with Crippen LogP contribution < -0.4 is 4.74 Å². The van der Waals surface area contributed by atoms with E-state index >= 15 is 0 Å². The van der Waals surface area contributed by atoms with Gasteiger partial charge in [-0.15, -0.1) is 0 Å². The summed E-state index contributed by atoms with van der Waals surface area (Å²) < 4.78 is 10.6. The van der Waals surface area contributed by atoms with Gasteiger partial charge in [0.1, 0.15) is 0 Å². The van der Waals surface area contributed by atoms with Crippen LogP contribution >= 0.6 is 0 Å². The zero-order chi connectivity index (χ0) is 15.4. The van der Waals surface area contributed by atoms with Gasteiger partial charge in [0.2, 0.25) is 0 Å². The van der Waals surface area contributed by atoms with E-state index in [1.54, 1.807) is 7.11 Å². The number of hydrogen-bond donors (Lipinski definition) is 4. The second kappa shape index (κ2) is 7.56. The van der Waals surface area contributed by atoms with Crippen LogP contribution in [-0.2, 0) is 10.1 Å². The Kier molecular flexibility index (Phi) is 6.01. The Bertz CT molecular complexity index is 438. The number of aliphatic hydroxyl groups is 4. The Balaban J connectivity index is 1.94. The molecular weight excluding hydrogens is 343 g/mol. The number of ether oxygens (including phenoxy) is 2. The molecule has 118 valence electrons. The van der Waals surface area contributed by atoms with Gasteiger partial charge in [0.05, 0.1) is 0 Å². The maximum absolute atomic E-state index is 9.96. The van der Waals surface area contributed by atoms with Gasteiger partial charge in [0.15, 0.2) is 0 Å². The second-order valence-electron chi connectivity index (χ2n) is 4.86. The summed E-state index contributed by atoms with van der Waals surface area (Å²) in [6.07, 6.45) is -4.55. The van der Waals surface area contributed by atoms with E-state index in [2.05, 4.69) is 0 Å². The molecule has 1 saturated heterocycles. The van der Waals surface area contributed by atoms with Gasteiger partial charge in [0, 0.05) is 0 Å². The Labute approximate surface area is 129 Å². The molecule has 5 unspecified atom stereocenters. The fraction of sp³-hybridized carbons (Fsp3) is 0.571. The number of hydrogen-bond acceptors (Lipinski definition) is 6. The Morgan fingerprint density at radius 3 is 2.33 bits per heavy atom. The first kappa shape index (κ1) is 16.7. The molecule has 0 radical (unpaired) electrons. The quantitative estimate of drug-likeness (QED) is 0.486. The summed E-state index contributed by atoms with van der Waals surface area (Å²) in [5.41, 5.74) is 1.08. The molecule has 5 atom stereocenters. The van der Waals surface area contributed by atoms with Gasteiger partial charge in [-0.3, -0.25) is 0 Å². The Hall–Kier alpha value is -0.661. The molecule has 7 heteroatoms. The van der Waals surface area contributed by atoms with Crippen LogP contribution in [0, 0.1) is 0 Å². The van der Waals surface area contributed by atoms with Crippen LogP contribution in [-0.4, -0.2) is 78.5 Å². The molecule has 0 saturated carbocycles. The molecule has 2 rings (SSSR count). The van der Waals surface area contributed by atoms with Gasteiger partial charge in [-0.05, 0) is 0 Å². The SMILES string of the molecule is COc1ccc(C[Se]C2OC(CO)C(O)C(O)C2O)cc1. The standard InChI is InChI=1S/C14H20O6Se/c1-19-9-4-2-8(3-5-9)7-21-14-13(18)12(17)11(16)10(6-15)20-14/h2-5,10-18H,6-7H2,1H3. The molecule has 1 heterocycles. The van der Waals surface area contributed by atoms with E-state index in [4.69, 9.17) is 14.6 Å². The van der Waals surface area contributed by atoms with Gasteiger partial charge in [-0.2, -0.15) is 0 Å². The zero-order valence-electron chi connectivity index (χ0n) is 11.6. The van der Waals surface area contributed by atoms with E-state index < -0.39 is 29.4 Å². The molecule has 1 aromatic carbocycles. The summed E-state index contributed by atoms with van der Waals surface area (Å²) in [6, 6.07) is 7.59. The van der Waals surface area contributed by atoms with E-state index in [1.807, 2.05) is 24.3 Å². The molecule has 0 spiro atoms. The molecule has 0 aromatic heterocycles. The molecule has 4 N–H and O–H groups in total. The molecule has 0 amide bonds. The molecule has 0 aliphatic carbocycles. The van der Waals surface area contributed by atoms with Crippen molar-refractivity contribution in [2.24, 2.45) is 0 Å². The average Bonchev–Trinajstić information content (AvgIpc) is 2.52. The molecular formula is C14H20O6Se. The van der Waals surface area contributed by atoms with Crippen LogP contribution in [0.25, 0.3) is 0 Å². The first-order chi connectivity index (χ1) is 10.1. The van der Waals surface area contributed by atoms with Crippen molar-refractivity contribution in [3.05, 3.63) is 29.8 Å². The van der Waals surface area contributed by atoms with Crippen molar-refractivity contribution >= 4 is 15.0 Å². The van der Waals surface area contributed by atoms with Crippen LogP contribution in [0.15, 0.2) is 24.3 Å². The van der Waals surface area contributed by atoms with Crippen molar-refractivity contribution in [2.45, 2.75) is 34.7 Å². The fourth-order valence-corrected chi connectivity index (χ4v) is 4.47. The Morgan fingerprint density at radius 1 is 1.10 bits per heavy atom. The average molecular weight is 363 g/mol. The monoisotopic (exact) mass is 364 g/mol. The van der Waals surface area contributed by atoms with Crippen molar-refractivity contribution in [3.63, 3.8) is 0 Å². The predicted molar refractivity (Wildman–Crippen MR) is 76.2 cm³/mol. The summed E-state index contributed by atoms with van der Waals surface area (Å²) in [5.74, 6) is 0.777. The van der Waals surface area contributed by atoms with E-state index in [-0.39, 0.29) is 21.6 Å². The maximum atomic E-state index is 9.96. The number of rotatable bonds is 5. The topological polar surface area (TPSA) is 99.4 Å². The van der Waals surface area contributed by atoms with Gasteiger partial charge < -0.3 is 0 Å². The van der Waals surface area contributed by atoms with E-state index in [1.165, 1.54) is 0 Å². The van der Waals surface area contributed by atoms with Crippen LogP contribution in [0.2, 0.25) is 0 Å². The number of methoxy groups -OCH3 is 1. The van der Waals surface area contributed by atoms with Crippen molar-refractivity contribution in [2.75, 3.05) is 13.7 Å². The van der Waals surface area contributed by atoms with Gasteiger partial charge >= 0.3 is 129 Å². The van der Waals surface area contributed by atoms with Crippen molar-refractivity contribution in [1.29, 1.82) is 0 Å². The minimum atomic E-state index is -1.29. The van der Waals surface area contributed by atoms with Crippen molar-refractivity contribution in [3.8, 4) is 5.75 Å². The first-order valence-corrected chi connectivity index (χ1v) is 8.82. The van der Waals surface area contributed by atoms with Gasteiger partial charge in [0.25, 0.3) is 0 Å². The summed E-state index contributed by atoms with van der Waals surface area (Å²) in [4.78, 5) is 0. The third-order valence-electron chi connectivity index (χ3n) is 3.42. The summed E-state index contributed by atoms with van der Waals surface area (Å²) in [7, 11) is 1.60. The molecule has 0 bridgehead atoms. The van der Waals surface area contributed by atoms with E-state index in [0.717, 1.165) is 11.3 Å². The number of aliphatic hydroxyl groups excluding tert-OH is 4. The second-order valence-corrected chi connectivity index (χ2v) is 7.14. The predicted octanol–water partition coefficient (Wildman–Crippen LogP) is -1.30. The minimum absolute atomic E-state index is 0.136. The van der Waals surface area contributed by atoms with Crippen LogP contribution in [0.3, 0.4) is 0 Å². The molecule has 6 nitrogen and oxygen atoms in total. The third-order valence-corrected chi connectivity index (χ3v) is 5.98. The van der Waals surface area contributed by atoms with E-state index in [9.17, 15) is 15.3 Å². The Morgan fingerprint density at radius 2 is 1.76 bits per heavy atom. The van der Waals surface area contributed by atoms with Crippen LogP contribution in [0.4, 0.5) is 0 Å². The number of benzene rings is 1. The summed E-state index contributed by atoms with van der Waals surface area (Å²) >= 11 is -0.136. The third kappa shape index (κ3) is 3.96. The molecule has 1 aliphatic heterocycles.